The van der Waals surface area contributed by atoms with Gasteiger partial charge in [-0.1, -0.05) is 0 Å². The van der Waals surface area contributed by atoms with Gasteiger partial charge in [-0.15, -0.1) is 0 Å². The zero-order valence-corrected chi connectivity index (χ0v) is 14.9. The maximum atomic E-state index is 13.2. The quantitative estimate of drug-likeness (QED) is 0.515. The standard InChI is InChI=1S/C20H18O8/c1-9-2-10(21)4-14-17(9)19(25)18-15(28-14)5-12(23)7-20(18,26)8-13-3-11(22)6-16(24)27-13/h2-4,6,12,21-23,26H,5,7-8H2,1H3/t12?,20-/m1/s1. The van der Waals surface area contributed by atoms with Gasteiger partial charge in [0.05, 0.1) is 23.1 Å². The van der Waals surface area contributed by atoms with E-state index in [1.807, 2.05) is 0 Å². The Morgan fingerprint density at radius 2 is 1.82 bits per heavy atom. The molecule has 0 saturated heterocycles. The zero-order valence-electron chi connectivity index (χ0n) is 14.9. The molecule has 1 aromatic carbocycles. The van der Waals surface area contributed by atoms with Crippen molar-refractivity contribution in [3.8, 4) is 11.5 Å². The Morgan fingerprint density at radius 1 is 1.11 bits per heavy atom. The molecule has 0 bridgehead atoms. The van der Waals surface area contributed by atoms with E-state index in [9.17, 15) is 30.0 Å². The van der Waals surface area contributed by atoms with Gasteiger partial charge in [0.2, 0.25) is 0 Å². The van der Waals surface area contributed by atoms with Crippen molar-refractivity contribution in [2.24, 2.45) is 0 Å². The molecule has 0 aliphatic heterocycles. The average molecular weight is 386 g/mol. The van der Waals surface area contributed by atoms with Gasteiger partial charge in [0.15, 0.2) is 5.43 Å². The molecule has 1 unspecified atom stereocenters. The van der Waals surface area contributed by atoms with Gasteiger partial charge in [-0.25, -0.2) is 4.79 Å². The molecule has 2 aromatic heterocycles. The predicted molar refractivity (Wildman–Crippen MR) is 97.5 cm³/mol. The van der Waals surface area contributed by atoms with E-state index in [0.29, 0.717) is 5.56 Å². The van der Waals surface area contributed by atoms with E-state index < -0.39 is 22.8 Å². The molecule has 4 N–H and O–H groups in total. The summed E-state index contributed by atoms with van der Waals surface area (Å²) in [4.78, 5) is 24.8. The monoisotopic (exact) mass is 386 g/mol. The third-order valence-electron chi connectivity index (χ3n) is 4.98. The number of phenolic OH excluding ortho intramolecular Hbond substituents is 1. The van der Waals surface area contributed by atoms with Crippen molar-refractivity contribution in [3.63, 3.8) is 0 Å². The number of benzene rings is 1. The molecule has 146 valence electrons. The Bertz CT molecular complexity index is 1210. The summed E-state index contributed by atoms with van der Waals surface area (Å²) >= 11 is 0. The van der Waals surface area contributed by atoms with Crippen LogP contribution in [0.1, 0.15) is 29.1 Å². The van der Waals surface area contributed by atoms with E-state index in [1.54, 1.807) is 6.92 Å². The number of rotatable bonds is 2. The van der Waals surface area contributed by atoms with Crippen LogP contribution in [0, 0.1) is 6.92 Å². The Labute approximate surface area is 157 Å². The van der Waals surface area contributed by atoms with Gasteiger partial charge in [0.25, 0.3) is 0 Å². The van der Waals surface area contributed by atoms with E-state index in [-0.39, 0.29) is 58.8 Å². The second kappa shape index (κ2) is 6.22. The van der Waals surface area contributed by atoms with Crippen LogP contribution in [0.4, 0.5) is 0 Å². The minimum absolute atomic E-state index is 0.0154. The van der Waals surface area contributed by atoms with Crippen molar-refractivity contribution >= 4 is 11.0 Å². The van der Waals surface area contributed by atoms with E-state index in [1.165, 1.54) is 18.2 Å². The van der Waals surface area contributed by atoms with E-state index in [2.05, 4.69) is 0 Å². The van der Waals surface area contributed by atoms with Gasteiger partial charge in [-0.3, -0.25) is 4.79 Å². The van der Waals surface area contributed by atoms with E-state index in [0.717, 1.165) is 6.07 Å². The number of fused-ring (bicyclic) bond motifs is 2. The summed E-state index contributed by atoms with van der Waals surface area (Å²) < 4.78 is 10.8. The first kappa shape index (κ1) is 18.3. The van der Waals surface area contributed by atoms with Crippen molar-refractivity contribution in [1.82, 2.24) is 0 Å². The number of aryl methyl sites for hydroxylation is 1. The van der Waals surface area contributed by atoms with Crippen molar-refractivity contribution in [2.45, 2.75) is 37.9 Å². The Balaban J connectivity index is 1.95. The molecular formula is C20H18O8. The van der Waals surface area contributed by atoms with Gasteiger partial charge in [-0.05, 0) is 18.6 Å². The number of hydrogen-bond acceptors (Lipinski definition) is 8. The summed E-state index contributed by atoms with van der Waals surface area (Å²) in [5.41, 5.74) is -2.54. The summed E-state index contributed by atoms with van der Waals surface area (Å²) in [6, 6.07) is 4.77. The third kappa shape index (κ3) is 2.96. The molecule has 0 fully saturated rings. The molecule has 1 aliphatic carbocycles. The molecule has 0 saturated carbocycles. The highest BCUT2D eigenvalue weighted by molar-refractivity contribution is 5.82. The second-order valence-electron chi connectivity index (χ2n) is 7.24. The van der Waals surface area contributed by atoms with Gasteiger partial charge < -0.3 is 29.3 Å². The summed E-state index contributed by atoms with van der Waals surface area (Å²) in [7, 11) is 0. The third-order valence-corrected chi connectivity index (χ3v) is 4.98. The summed E-state index contributed by atoms with van der Waals surface area (Å²) in [5, 5.41) is 41.2. The maximum Gasteiger partial charge on any atom is 0.339 e. The van der Waals surface area contributed by atoms with Gasteiger partial charge in [-0.2, -0.15) is 0 Å². The molecule has 28 heavy (non-hydrogen) atoms. The first-order chi connectivity index (χ1) is 13.2. The Kier molecular flexibility index (Phi) is 4.06. The summed E-state index contributed by atoms with van der Waals surface area (Å²) in [6.07, 6.45) is -1.47. The lowest BCUT2D eigenvalue weighted by Gasteiger charge is -2.35. The van der Waals surface area contributed by atoms with Gasteiger partial charge in [0.1, 0.15) is 34.2 Å². The molecule has 4 rings (SSSR count). The lowest BCUT2D eigenvalue weighted by molar-refractivity contribution is -0.0345. The predicted octanol–water partition coefficient (Wildman–Crippen LogP) is 1.20. The van der Waals surface area contributed by atoms with E-state index in [4.69, 9.17) is 8.83 Å². The van der Waals surface area contributed by atoms with Crippen LogP contribution in [0.2, 0.25) is 0 Å². The number of aromatic hydroxyl groups is 2. The minimum atomic E-state index is -1.87. The molecule has 0 radical (unpaired) electrons. The second-order valence-corrected chi connectivity index (χ2v) is 7.24. The van der Waals surface area contributed by atoms with Crippen LogP contribution < -0.4 is 11.1 Å². The summed E-state index contributed by atoms with van der Waals surface area (Å²) in [6.45, 7) is 1.64. The highest BCUT2D eigenvalue weighted by atomic mass is 16.4. The van der Waals surface area contributed by atoms with Crippen LogP contribution in [0.3, 0.4) is 0 Å². The zero-order chi connectivity index (χ0) is 20.2. The fraction of sp³-hybridized carbons (Fsp3) is 0.300. The number of aliphatic hydroxyl groups excluding tert-OH is 1. The Hall–Kier alpha value is -3.10. The lowest BCUT2D eigenvalue weighted by Crippen LogP contribution is -2.43. The van der Waals surface area contributed by atoms with Gasteiger partial charge >= 0.3 is 5.63 Å². The fourth-order valence-electron chi connectivity index (χ4n) is 3.99. The van der Waals surface area contributed by atoms with Crippen LogP contribution in [0.5, 0.6) is 11.5 Å². The molecule has 8 heteroatoms. The van der Waals surface area contributed by atoms with Crippen molar-refractivity contribution in [2.75, 3.05) is 0 Å². The van der Waals surface area contributed by atoms with Crippen LogP contribution in [0.15, 0.2) is 42.7 Å². The molecule has 3 aromatic rings. The highest BCUT2D eigenvalue weighted by Gasteiger charge is 2.43. The molecule has 2 atom stereocenters. The molecule has 8 nitrogen and oxygen atoms in total. The van der Waals surface area contributed by atoms with E-state index >= 15 is 0 Å². The molecule has 1 aliphatic rings. The number of hydrogen-bond donors (Lipinski definition) is 4. The SMILES string of the molecule is Cc1cc(O)cc2oc3c(c(=O)c12)[C@](O)(Cc1cc(O)cc(=O)o1)CC(O)C3. The first-order valence-electron chi connectivity index (χ1n) is 8.69. The Morgan fingerprint density at radius 3 is 2.54 bits per heavy atom. The molecule has 0 amide bonds. The van der Waals surface area contributed by atoms with Crippen molar-refractivity contribution < 1.29 is 29.3 Å². The smallest absolute Gasteiger partial charge is 0.339 e. The minimum Gasteiger partial charge on any atom is -0.508 e. The fourth-order valence-corrected chi connectivity index (χ4v) is 3.99. The normalized spacial score (nSPS) is 21.6. The van der Waals surface area contributed by atoms with Crippen molar-refractivity contribution in [1.29, 1.82) is 0 Å². The van der Waals surface area contributed by atoms with Crippen LogP contribution >= 0.6 is 0 Å². The summed E-state index contributed by atoms with van der Waals surface area (Å²) in [5.74, 6) is -0.328. The highest BCUT2D eigenvalue weighted by Crippen LogP contribution is 2.38. The number of phenols is 1. The van der Waals surface area contributed by atoms with Gasteiger partial charge in [0, 0.05) is 31.4 Å². The lowest BCUT2D eigenvalue weighted by atomic mass is 9.77. The largest absolute Gasteiger partial charge is 0.508 e. The molecule has 0 spiro atoms. The topological polar surface area (TPSA) is 141 Å². The van der Waals surface area contributed by atoms with Crippen LogP contribution in [-0.4, -0.2) is 26.5 Å². The maximum absolute atomic E-state index is 13.2. The molecular weight excluding hydrogens is 368 g/mol. The first-order valence-corrected chi connectivity index (χ1v) is 8.69. The number of aliphatic hydroxyl groups is 2. The average Bonchev–Trinajstić information content (AvgIpc) is 2.51. The molecule has 2 heterocycles. The van der Waals surface area contributed by atoms with Crippen molar-refractivity contribution in [3.05, 3.63) is 67.6 Å². The van der Waals surface area contributed by atoms with Crippen LogP contribution in [0.25, 0.3) is 11.0 Å². The van der Waals surface area contributed by atoms with Crippen LogP contribution in [-0.2, 0) is 18.4 Å².